The van der Waals surface area contributed by atoms with E-state index in [9.17, 15) is 4.79 Å². The van der Waals surface area contributed by atoms with Gasteiger partial charge in [0, 0.05) is 32.9 Å². The minimum absolute atomic E-state index is 0.647. The Morgan fingerprint density at radius 1 is 1.00 bits per heavy atom. The number of halogens is 1. The van der Waals surface area contributed by atoms with E-state index in [4.69, 9.17) is 11.6 Å². The maximum absolute atomic E-state index is 11.9. The molecule has 0 spiro atoms. The van der Waals surface area contributed by atoms with E-state index >= 15 is 0 Å². The van der Waals surface area contributed by atoms with E-state index in [2.05, 4.69) is 24.3 Å². The van der Waals surface area contributed by atoms with E-state index in [1.54, 1.807) is 11.8 Å². The first kappa shape index (κ1) is 17.9. The molecule has 0 aliphatic heterocycles. The molecule has 0 radical (unpaired) electrons. The minimum atomic E-state index is 0.647. The van der Waals surface area contributed by atoms with Crippen LogP contribution in [0.15, 0.2) is 77.8 Å². The van der Waals surface area contributed by atoms with Crippen molar-refractivity contribution in [1.29, 1.82) is 0 Å². The number of aromatic nitrogens is 1. The third-order valence-corrected chi connectivity index (χ3v) is 5.93. The highest BCUT2D eigenvalue weighted by atomic mass is 35.5. The molecule has 0 saturated heterocycles. The lowest BCUT2D eigenvalue weighted by atomic mass is 10.1. The first-order valence-corrected chi connectivity index (χ1v) is 10.1. The van der Waals surface area contributed by atoms with E-state index in [1.165, 1.54) is 5.56 Å². The highest BCUT2D eigenvalue weighted by Crippen LogP contribution is 2.38. The highest BCUT2D eigenvalue weighted by molar-refractivity contribution is 7.98. The number of thioether (sulfide) groups is 1. The van der Waals surface area contributed by atoms with Gasteiger partial charge in [-0.1, -0.05) is 41.9 Å². The summed E-state index contributed by atoms with van der Waals surface area (Å²) >= 11 is 8.05. The molecule has 0 N–H and O–H groups in total. The average molecular weight is 392 g/mol. The van der Waals surface area contributed by atoms with Gasteiger partial charge in [-0.3, -0.25) is 4.79 Å². The van der Waals surface area contributed by atoms with Gasteiger partial charge in [-0.05, 0) is 60.0 Å². The SMILES string of the molecule is Cc1ccn2c(C=O)c(-c3cc(Cl)ccc3SCc3ccccc3)cc2c1. The summed E-state index contributed by atoms with van der Waals surface area (Å²) in [6.07, 6.45) is 2.86. The van der Waals surface area contributed by atoms with Crippen molar-refractivity contribution in [2.24, 2.45) is 0 Å². The second-order valence-electron chi connectivity index (χ2n) is 6.47. The third-order valence-electron chi connectivity index (χ3n) is 4.55. The second-order valence-corrected chi connectivity index (χ2v) is 7.93. The van der Waals surface area contributed by atoms with Crippen LogP contribution in [0.25, 0.3) is 16.6 Å². The Morgan fingerprint density at radius 3 is 2.59 bits per heavy atom. The number of benzene rings is 2. The second kappa shape index (κ2) is 7.63. The van der Waals surface area contributed by atoms with Crippen LogP contribution < -0.4 is 0 Å². The number of nitrogens with zero attached hydrogens (tertiary/aromatic N) is 1. The monoisotopic (exact) mass is 391 g/mol. The van der Waals surface area contributed by atoms with Crippen LogP contribution in [0.4, 0.5) is 0 Å². The molecule has 2 nitrogen and oxygen atoms in total. The van der Waals surface area contributed by atoms with Crippen LogP contribution in [0.3, 0.4) is 0 Å². The molecule has 4 rings (SSSR count). The molecule has 0 aliphatic rings. The fourth-order valence-electron chi connectivity index (χ4n) is 3.22. The van der Waals surface area contributed by atoms with E-state index < -0.39 is 0 Å². The van der Waals surface area contributed by atoms with E-state index in [0.717, 1.165) is 39.1 Å². The van der Waals surface area contributed by atoms with Crippen LogP contribution in [0.5, 0.6) is 0 Å². The number of hydrogen-bond donors (Lipinski definition) is 0. The zero-order valence-electron chi connectivity index (χ0n) is 14.9. The normalized spacial score (nSPS) is 11.0. The molecule has 0 unspecified atom stereocenters. The number of fused-ring (bicyclic) bond motifs is 1. The van der Waals surface area contributed by atoms with Crippen molar-refractivity contribution >= 4 is 35.2 Å². The number of aryl methyl sites for hydroxylation is 1. The summed E-state index contributed by atoms with van der Waals surface area (Å²) in [4.78, 5) is 13.0. The van der Waals surface area contributed by atoms with Gasteiger partial charge < -0.3 is 4.40 Å². The van der Waals surface area contributed by atoms with Gasteiger partial charge in [0.25, 0.3) is 0 Å². The van der Waals surface area contributed by atoms with Crippen LogP contribution in [0.1, 0.15) is 21.6 Å². The van der Waals surface area contributed by atoms with Crippen molar-refractivity contribution in [3.8, 4) is 11.1 Å². The molecule has 134 valence electrons. The van der Waals surface area contributed by atoms with Crippen molar-refractivity contribution in [1.82, 2.24) is 4.40 Å². The number of aldehydes is 1. The van der Waals surface area contributed by atoms with Gasteiger partial charge >= 0.3 is 0 Å². The lowest BCUT2D eigenvalue weighted by Crippen LogP contribution is -1.93. The van der Waals surface area contributed by atoms with Crippen molar-refractivity contribution in [3.63, 3.8) is 0 Å². The maximum atomic E-state index is 11.9. The average Bonchev–Trinajstić information content (AvgIpc) is 3.05. The number of rotatable bonds is 5. The standard InChI is InChI=1S/C23H18ClNOS/c1-16-9-10-25-19(11-16)13-20(22(25)14-26)21-12-18(24)7-8-23(21)27-15-17-5-3-2-4-6-17/h2-14H,15H2,1H3. The zero-order chi connectivity index (χ0) is 18.8. The maximum Gasteiger partial charge on any atom is 0.167 e. The zero-order valence-corrected chi connectivity index (χ0v) is 16.4. The summed E-state index contributed by atoms with van der Waals surface area (Å²) in [7, 11) is 0. The molecule has 0 saturated carbocycles. The summed E-state index contributed by atoms with van der Waals surface area (Å²) < 4.78 is 1.93. The van der Waals surface area contributed by atoms with Crippen LogP contribution in [0.2, 0.25) is 5.02 Å². The third kappa shape index (κ3) is 3.66. The molecule has 4 aromatic rings. The number of pyridine rings is 1. The Bertz CT molecular complexity index is 1120. The molecule has 0 fully saturated rings. The van der Waals surface area contributed by atoms with Gasteiger partial charge in [0.05, 0.1) is 5.69 Å². The number of carbonyl (C=O) groups excluding carboxylic acids is 1. The molecule has 2 aromatic carbocycles. The summed E-state index contributed by atoms with van der Waals surface area (Å²) in [6, 6.07) is 22.4. The molecule has 27 heavy (non-hydrogen) atoms. The summed E-state index contributed by atoms with van der Waals surface area (Å²) in [6.45, 7) is 2.05. The molecule has 0 aliphatic carbocycles. The van der Waals surface area contributed by atoms with Crippen molar-refractivity contribution < 1.29 is 4.79 Å². The first-order chi connectivity index (χ1) is 13.2. The van der Waals surface area contributed by atoms with Gasteiger partial charge in [-0.2, -0.15) is 0 Å². The van der Waals surface area contributed by atoms with Gasteiger partial charge in [0.2, 0.25) is 0 Å². The van der Waals surface area contributed by atoms with E-state index in [-0.39, 0.29) is 0 Å². The Kier molecular flexibility index (Phi) is 5.06. The van der Waals surface area contributed by atoms with Gasteiger partial charge in [0.1, 0.15) is 0 Å². The smallest absolute Gasteiger partial charge is 0.167 e. The fraction of sp³-hybridized carbons (Fsp3) is 0.0870. The molecule has 0 atom stereocenters. The summed E-state index contributed by atoms with van der Waals surface area (Å²) in [5.74, 6) is 0.859. The number of hydrogen-bond acceptors (Lipinski definition) is 2. The van der Waals surface area contributed by atoms with Crippen LogP contribution in [-0.4, -0.2) is 10.7 Å². The molecule has 4 heteroatoms. The van der Waals surface area contributed by atoms with Crippen molar-refractivity contribution in [2.45, 2.75) is 17.6 Å². The highest BCUT2D eigenvalue weighted by Gasteiger charge is 2.15. The Hall–Kier alpha value is -2.49. The molecule has 0 bridgehead atoms. The van der Waals surface area contributed by atoms with Crippen LogP contribution in [0, 0.1) is 6.92 Å². The molecule has 2 aromatic heterocycles. The lowest BCUT2D eigenvalue weighted by Gasteiger charge is -2.10. The van der Waals surface area contributed by atoms with Crippen molar-refractivity contribution in [3.05, 3.63) is 94.8 Å². The lowest BCUT2D eigenvalue weighted by molar-refractivity contribution is 0.111. The summed E-state index contributed by atoms with van der Waals surface area (Å²) in [5.41, 5.74) is 5.98. The Morgan fingerprint density at radius 2 is 1.81 bits per heavy atom. The molecular formula is C23H18ClNOS. The molecule has 0 amide bonds. The number of carbonyl (C=O) groups is 1. The topological polar surface area (TPSA) is 21.5 Å². The molecular weight excluding hydrogens is 374 g/mol. The van der Waals surface area contributed by atoms with E-state index in [0.29, 0.717) is 10.7 Å². The molecule has 2 heterocycles. The van der Waals surface area contributed by atoms with Crippen LogP contribution in [-0.2, 0) is 5.75 Å². The summed E-state index contributed by atoms with van der Waals surface area (Å²) in [5, 5.41) is 0.664. The first-order valence-electron chi connectivity index (χ1n) is 8.69. The Labute approximate surface area is 167 Å². The predicted molar refractivity (Wildman–Crippen MR) is 114 cm³/mol. The van der Waals surface area contributed by atoms with Gasteiger partial charge in [-0.15, -0.1) is 11.8 Å². The Balaban J connectivity index is 1.80. The quantitative estimate of drug-likeness (QED) is 0.280. The van der Waals surface area contributed by atoms with Gasteiger partial charge in [0.15, 0.2) is 6.29 Å². The minimum Gasteiger partial charge on any atom is -0.314 e. The van der Waals surface area contributed by atoms with Gasteiger partial charge in [-0.25, -0.2) is 0 Å². The predicted octanol–water partition coefficient (Wildman–Crippen LogP) is 6.67. The van der Waals surface area contributed by atoms with Crippen molar-refractivity contribution in [2.75, 3.05) is 0 Å². The largest absolute Gasteiger partial charge is 0.314 e. The van der Waals surface area contributed by atoms with Crippen LogP contribution >= 0.6 is 23.4 Å². The van der Waals surface area contributed by atoms with E-state index in [1.807, 2.05) is 60.0 Å². The fourth-order valence-corrected chi connectivity index (χ4v) is 4.40.